The maximum atomic E-state index is 12.3. The van der Waals surface area contributed by atoms with Gasteiger partial charge < -0.3 is 19.2 Å². The minimum atomic E-state index is -1.89. The molecule has 1 fully saturated rings. The van der Waals surface area contributed by atoms with Gasteiger partial charge in [-0.3, -0.25) is 14.9 Å². The van der Waals surface area contributed by atoms with Gasteiger partial charge in [0.1, 0.15) is 5.75 Å². The third kappa shape index (κ3) is 9.44. The van der Waals surface area contributed by atoms with Gasteiger partial charge in [-0.1, -0.05) is 26.8 Å². The molecule has 2 rings (SSSR count). The fourth-order valence-corrected chi connectivity index (χ4v) is 4.94. The highest BCUT2D eigenvalue weighted by molar-refractivity contribution is 6.74. The second-order valence-corrected chi connectivity index (χ2v) is 15.3. The third-order valence-electron chi connectivity index (χ3n) is 6.68. The maximum absolute atomic E-state index is 12.3. The van der Waals surface area contributed by atoms with Crippen LogP contribution in [0.4, 0.5) is 10.5 Å². The number of carbonyl (C=O) groups excluding carboxylic acids is 2. The van der Waals surface area contributed by atoms with Crippen molar-refractivity contribution in [2.24, 2.45) is 5.92 Å². The highest BCUT2D eigenvalue weighted by Crippen LogP contribution is 2.37. The molecule has 0 radical (unpaired) electrons. The van der Waals surface area contributed by atoms with Crippen LogP contribution in [0.1, 0.15) is 53.4 Å². The third-order valence-corrected chi connectivity index (χ3v) is 11.3. The zero-order valence-electron chi connectivity index (χ0n) is 21.5. The van der Waals surface area contributed by atoms with Crippen molar-refractivity contribution in [3.8, 4) is 5.75 Å². The minimum absolute atomic E-state index is 0.0842. The fraction of sp³-hybridized carbons (Fsp3) is 0.600. The van der Waals surface area contributed by atoms with Gasteiger partial charge in [-0.25, -0.2) is 4.79 Å². The molecule has 0 spiro atoms. The number of nitrogens with zero attached hydrogens (tertiary/aromatic N) is 1. The molecule has 0 heterocycles. The molecule has 1 aliphatic rings. The highest BCUT2D eigenvalue weighted by Gasteiger charge is 2.38. The number of non-ortho nitro benzene ring substituents is 1. The van der Waals surface area contributed by atoms with Crippen LogP contribution in [0.3, 0.4) is 0 Å². The summed E-state index contributed by atoms with van der Waals surface area (Å²) in [5, 5.41) is 13.8. The van der Waals surface area contributed by atoms with Crippen molar-refractivity contribution in [2.45, 2.75) is 83.7 Å². The van der Waals surface area contributed by atoms with Crippen molar-refractivity contribution >= 4 is 26.1 Å². The summed E-state index contributed by atoms with van der Waals surface area (Å²) in [4.78, 5) is 34.4. The number of amides is 1. The van der Waals surface area contributed by atoms with Crippen LogP contribution in [0.25, 0.3) is 0 Å². The van der Waals surface area contributed by atoms with Crippen molar-refractivity contribution in [2.75, 3.05) is 6.61 Å². The summed E-state index contributed by atoms with van der Waals surface area (Å²) in [5.41, 5.74) is -0.0842. The number of rotatable bonds is 9. The molecule has 1 N–H and O–H groups in total. The average Bonchev–Trinajstić information content (AvgIpc) is 2.76. The van der Waals surface area contributed by atoms with Crippen LogP contribution in [0, 0.1) is 16.0 Å². The molecule has 0 unspecified atom stereocenters. The number of benzene rings is 1. The van der Waals surface area contributed by atoms with E-state index in [2.05, 4.69) is 39.2 Å². The summed E-state index contributed by atoms with van der Waals surface area (Å²) in [6.07, 6.45) is 5.66. The number of nitro benzene ring substituents is 1. The van der Waals surface area contributed by atoms with Gasteiger partial charge in [-0.15, -0.1) is 0 Å². The van der Waals surface area contributed by atoms with Crippen LogP contribution in [0.15, 0.2) is 36.4 Å². The lowest BCUT2D eigenvalue weighted by Crippen LogP contribution is -2.43. The van der Waals surface area contributed by atoms with Crippen molar-refractivity contribution in [1.82, 2.24) is 5.32 Å². The largest absolute Gasteiger partial charge is 0.513 e. The maximum Gasteiger partial charge on any atom is 0.513 e. The highest BCUT2D eigenvalue weighted by atomic mass is 28.4. The molecule has 1 aromatic carbocycles. The van der Waals surface area contributed by atoms with Gasteiger partial charge in [-0.2, -0.15) is 0 Å². The molecule has 0 aliphatic heterocycles. The second-order valence-electron chi connectivity index (χ2n) is 10.6. The molecule has 10 heteroatoms. The summed E-state index contributed by atoms with van der Waals surface area (Å²) >= 11 is 0. The predicted molar refractivity (Wildman–Crippen MR) is 136 cm³/mol. The number of nitrogens with one attached hydrogen (secondary N) is 1. The van der Waals surface area contributed by atoms with E-state index in [9.17, 15) is 19.7 Å². The summed E-state index contributed by atoms with van der Waals surface area (Å²) in [7, 11) is -1.89. The van der Waals surface area contributed by atoms with Crippen LogP contribution in [-0.4, -0.2) is 44.1 Å². The summed E-state index contributed by atoms with van der Waals surface area (Å²) in [6, 6.07) is 5.31. The normalized spacial score (nSPS) is 19.7. The molecule has 0 aromatic heterocycles. The Labute approximate surface area is 208 Å². The lowest BCUT2D eigenvalue weighted by molar-refractivity contribution is -0.384. The van der Waals surface area contributed by atoms with Crippen LogP contribution < -0.4 is 10.1 Å². The Morgan fingerprint density at radius 3 is 2.31 bits per heavy atom. The lowest BCUT2D eigenvalue weighted by atomic mass is 9.86. The standard InChI is InChI=1S/C25H38N2O7Si/c1-18(34-35(5,6)25(2,3)4)7-16-23(28)26-20-10-8-19(9-11-20)17-32-24(29)33-22-14-12-21(13-15-22)27(30)31/h7,12-16,18-20H,8-11,17H2,1-6H3,(H,26,28)/b16-7-/t18-,19?,20?/m0/s1. The van der Waals surface area contributed by atoms with Crippen LogP contribution in [0.5, 0.6) is 5.75 Å². The quantitative estimate of drug-likeness (QED) is 0.113. The molecule has 0 bridgehead atoms. The monoisotopic (exact) mass is 506 g/mol. The van der Waals surface area contributed by atoms with Gasteiger partial charge in [0.2, 0.25) is 5.91 Å². The molecular weight excluding hydrogens is 468 g/mol. The van der Waals surface area contributed by atoms with Crippen molar-refractivity contribution < 1.29 is 28.4 Å². The second kappa shape index (κ2) is 12.3. The number of ether oxygens (including phenoxy) is 2. The van der Waals surface area contributed by atoms with E-state index >= 15 is 0 Å². The van der Waals surface area contributed by atoms with Crippen LogP contribution in [-0.2, 0) is 14.0 Å². The zero-order chi connectivity index (χ0) is 26.2. The number of carbonyl (C=O) groups is 2. The Bertz CT molecular complexity index is 901. The summed E-state index contributed by atoms with van der Waals surface area (Å²) in [5.74, 6) is 0.257. The molecule has 9 nitrogen and oxygen atoms in total. The van der Waals surface area contributed by atoms with Gasteiger partial charge in [0, 0.05) is 24.3 Å². The molecule has 1 amide bonds. The van der Waals surface area contributed by atoms with E-state index in [1.807, 2.05) is 13.0 Å². The SMILES string of the molecule is C[C@@H](/C=C\C(=O)NC1CCC(COC(=O)Oc2ccc([N+](=O)[O-])cc2)CC1)O[Si](C)(C)C(C)(C)C. The topological polar surface area (TPSA) is 117 Å². The summed E-state index contributed by atoms with van der Waals surface area (Å²) < 4.78 is 16.5. The number of hydrogen-bond donors (Lipinski definition) is 1. The van der Waals surface area contributed by atoms with Crippen molar-refractivity contribution in [1.29, 1.82) is 0 Å². The van der Waals surface area contributed by atoms with Gasteiger partial charge in [-0.05, 0) is 68.8 Å². The first-order valence-corrected chi connectivity index (χ1v) is 14.9. The smallest absolute Gasteiger partial charge is 0.434 e. The number of hydrogen-bond acceptors (Lipinski definition) is 7. The number of nitro groups is 1. The Balaban J connectivity index is 1.67. The van der Waals surface area contributed by atoms with E-state index < -0.39 is 19.4 Å². The first kappa shape index (κ1) is 28.5. The Morgan fingerprint density at radius 1 is 1.17 bits per heavy atom. The van der Waals surface area contributed by atoms with Crippen molar-refractivity contribution in [3.05, 3.63) is 46.5 Å². The van der Waals surface area contributed by atoms with Gasteiger partial charge in [0.25, 0.3) is 5.69 Å². The average molecular weight is 507 g/mol. The lowest BCUT2D eigenvalue weighted by Gasteiger charge is -2.37. The predicted octanol–water partition coefficient (Wildman–Crippen LogP) is 5.75. The molecule has 1 atom stereocenters. The van der Waals surface area contributed by atoms with Crippen LogP contribution >= 0.6 is 0 Å². The van der Waals surface area contributed by atoms with Gasteiger partial charge >= 0.3 is 6.16 Å². The Hall–Kier alpha value is -2.72. The minimum Gasteiger partial charge on any atom is -0.434 e. The van der Waals surface area contributed by atoms with Crippen molar-refractivity contribution in [3.63, 3.8) is 0 Å². The zero-order valence-corrected chi connectivity index (χ0v) is 22.5. The molecule has 1 aliphatic carbocycles. The molecule has 194 valence electrons. The van der Waals surface area contributed by atoms with E-state index in [0.717, 1.165) is 25.7 Å². The van der Waals surface area contributed by atoms with E-state index in [1.165, 1.54) is 24.3 Å². The fourth-order valence-electron chi connectivity index (χ4n) is 3.57. The molecule has 0 saturated heterocycles. The summed E-state index contributed by atoms with van der Waals surface area (Å²) in [6.45, 7) is 13.1. The molecule has 1 aromatic rings. The first-order valence-electron chi connectivity index (χ1n) is 12.0. The van der Waals surface area contributed by atoms with E-state index in [-0.39, 0.29) is 47.1 Å². The molecule has 35 heavy (non-hydrogen) atoms. The molecule has 1 saturated carbocycles. The van der Waals surface area contributed by atoms with Gasteiger partial charge in [0.15, 0.2) is 8.32 Å². The molecular formula is C25H38N2O7Si. The Morgan fingerprint density at radius 2 is 1.77 bits per heavy atom. The Kier molecular flexibility index (Phi) is 10.0. The van der Waals surface area contributed by atoms with E-state index in [4.69, 9.17) is 13.9 Å². The first-order chi connectivity index (χ1) is 16.3. The van der Waals surface area contributed by atoms with E-state index in [0.29, 0.717) is 0 Å². The van der Waals surface area contributed by atoms with Gasteiger partial charge in [0.05, 0.1) is 17.6 Å². The van der Waals surface area contributed by atoms with E-state index in [1.54, 1.807) is 6.08 Å². The van der Waals surface area contributed by atoms with Crippen LogP contribution in [0.2, 0.25) is 18.1 Å².